The van der Waals surface area contributed by atoms with E-state index in [1.54, 1.807) is 19.4 Å². The van der Waals surface area contributed by atoms with Gasteiger partial charge in [-0.25, -0.2) is 13.1 Å². The van der Waals surface area contributed by atoms with Gasteiger partial charge in [0.05, 0.1) is 38.5 Å². The first-order valence-electron chi connectivity index (χ1n) is 11.3. The summed E-state index contributed by atoms with van der Waals surface area (Å²) in [7, 11) is 0.854. The third-order valence-corrected chi connectivity index (χ3v) is 7.62. The van der Waals surface area contributed by atoms with Gasteiger partial charge in [0.15, 0.2) is 11.5 Å². The van der Waals surface area contributed by atoms with Crippen molar-refractivity contribution in [1.29, 1.82) is 0 Å². The van der Waals surface area contributed by atoms with Gasteiger partial charge in [-0.3, -0.25) is 4.90 Å². The summed E-state index contributed by atoms with van der Waals surface area (Å²) in [5.74, 6) is 2.37. The molecule has 3 aromatic rings. The zero-order valence-electron chi connectivity index (χ0n) is 20.1. The molecular formula is C25H31N3O6S. The van der Waals surface area contributed by atoms with Gasteiger partial charge in [0, 0.05) is 44.5 Å². The van der Waals surface area contributed by atoms with Gasteiger partial charge in [-0.15, -0.1) is 0 Å². The molecule has 1 saturated heterocycles. The lowest BCUT2D eigenvalue weighted by Crippen LogP contribution is -2.49. The van der Waals surface area contributed by atoms with Gasteiger partial charge < -0.3 is 23.5 Å². The fourth-order valence-corrected chi connectivity index (χ4v) is 5.28. The summed E-state index contributed by atoms with van der Waals surface area (Å²) in [6.07, 6.45) is 1.61. The summed E-state index contributed by atoms with van der Waals surface area (Å²) in [6, 6.07) is 16.0. The zero-order valence-corrected chi connectivity index (χ0v) is 21.0. The number of furan rings is 1. The van der Waals surface area contributed by atoms with E-state index in [1.165, 1.54) is 26.4 Å². The lowest BCUT2D eigenvalue weighted by atomic mass is 10.1. The van der Waals surface area contributed by atoms with Crippen molar-refractivity contribution in [3.63, 3.8) is 0 Å². The molecule has 35 heavy (non-hydrogen) atoms. The Bertz CT molecular complexity index is 1190. The molecule has 9 nitrogen and oxygen atoms in total. The third-order valence-electron chi connectivity index (χ3n) is 6.20. The fraction of sp³-hybridized carbons (Fsp3) is 0.360. The van der Waals surface area contributed by atoms with Crippen molar-refractivity contribution in [2.24, 2.45) is 0 Å². The minimum Gasteiger partial charge on any atom is -0.497 e. The molecule has 0 spiro atoms. The van der Waals surface area contributed by atoms with Crippen LogP contribution in [0.3, 0.4) is 0 Å². The van der Waals surface area contributed by atoms with E-state index < -0.39 is 10.0 Å². The molecule has 1 atom stereocenters. The number of nitrogens with zero attached hydrogens (tertiary/aromatic N) is 2. The summed E-state index contributed by atoms with van der Waals surface area (Å²) in [6.45, 7) is 3.32. The molecule has 0 aliphatic carbocycles. The first kappa shape index (κ1) is 24.9. The molecule has 0 bridgehead atoms. The first-order chi connectivity index (χ1) is 16.9. The van der Waals surface area contributed by atoms with Gasteiger partial charge in [-0.2, -0.15) is 0 Å². The fourth-order valence-electron chi connectivity index (χ4n) is 4.23. The average molecular weight is 502 g/mol. The summed E-state index contributed by atoms with van der Waals surface area (Å²) in [5.41, 5.74) is 1.13. The van der Waals surface area contributed by atoms with Gasteiger partial charge in [0.2, 0.25) is 10.0 Å². The lowest BCUT2D eigenvalue weighted by Gasteiger charge is -2.39. The molecule has 1 aliphatic heterocycles. The van der Waals surface area contributed by atoms with Gasteiger partial charge >= 0.3 is 0 Å². The highest BCUT2D eigenvalue weighted by atomic mass is 32.2. The van der Waals surface area contributed by atoms with Crippen molar-refractivity contribution in [3.05, 3.63) is 66.6 Å². The van der Waals surface area contributed by atoms with Gasteiger partial charge in [0.1, 0.15) is 11.5 Å². The Labute approximate surface area is 206 Å². The Kier molecular flexibility index (Phi) is 7.84. The van der Waals surface area contributed by atoms with Crippen molar-refractivity contribution < 1.29 is 27.0 Å². The number of hydrogen-bond acceptors (Lipinski definition) is 8. The second kappa shape index (κ2) is 11.0. The second-order valence-corrected chi connectivity index (χ2v) is 9.89. The summed E-state index contributed by atoms with van der Waals surface area (Å²) < 4.78 is 50.3. The van der Waals surface area contributed by atoms with Gasteiger partial charge in [-0.1, -0.05) is 0 Å². The number of piperazine rings is 1. The molecule has 1 unspecified atom stereocenters. The van der Waals surface area contributed by atoms with Crippen LogP contribution in [0.4, 0.5) is 5.69 Å². The highest BCUT2D eigenvalue weighted by Gasteiger charge is 2.29. The summed E-state index contributed by atoms with van der Waals surface area (Å²) in [4.78, 5) is 4.66. The maximum Gasteiger partial charge on any atom is 0.240 e. The number of methoxy groups -OCH3 is 3. The van der Waals surface area contributed by atoms with E-state index in [4.69, 9.17) is 18.6 Å². The van der Waals surface area contributed by atoms with E-state index in [2.05, 4.69) is 26.7 Å². The van der Waals surface area contributed by atoms with Crippen molar-refractivity contribution in [1.82, 2.24) is 9.62 Å². The van der Waals surface area contributed by atoms with Crippen LogP contribution in [0, 0.1) is 0 Å². The second-order valence-electron chi connectivity index (χ2n) is 8.12. The molecule has 10 heteroatoms. The normalized spacial score (nSPS) is 15.6. The van der Waals surface area contributed by atoms with Gasteiger partial charge in [0.25, 0.3) is 0 Å². The van der Waals surface area contributed by atoms with E-state index in [9.17, 15) is 8.42 Å². The van der Waals surface area contributed by atoms with Crippen LogP contribution in [-0.2, 0) is 10.0 Å². The van der Waals surface area contributed by atoms with Crippen LogP contribution in [0.1, 0.15) is 11.8 Å². The molecule has 4 rings (SSSR count). The van der Waals surface area contributed by atoms with Crippen LogP contribution >= 0.6 is 0 Å². The SMILES string of the molecule is COc1ccc(N2CCN(C(CNS(=O)(=O)c3ccc(OC)c(OC)c3)c3ccco3)CC2)cc1. The number of sulfonamides is 1. The van der Waals surface area contributed by atoms with Crippen molar-refractivity contribution >= 4 is 15.7 Å². The maximum atomic E-state index is 13.1. The predicted molar refractivity (Wildman–Crippen MR) is 133 cm³/mol. The molecular weight excluding hydrogens is 470 g/mol. The van der Waals surface area contributed by atoms with Crippen molar-refractivity contribution in [3.8, 4) is 17.2 Å². The smallest absolute Gasteiger partial charge is 0.240 e. The zero-order chi connectivity index (χ0) is 24.8. The quantitative estimate of drug-likeness (QED) is 0.453. The minimum absolute atomic E-state index is 0.109. The summed E-state index contributed by atoms with van der Waals surface area (Å²) in [5, 5.41) is 0. The Morgan fingerprint density at radius 3 is 2.23 bits per heavy atom. The molecule has 188 valence electrons. The summed E-state index contributed by atoms with van der Waals surface area (Å²) >= 11 is 0. The molecule has 0 amide bonds. The van der Waals surface area contributed by atoms with E-state index >= 15 is 0 Å². The van der Waals surface area contributed by atoms with Crippen LogP contribution in [0.5, 0.6) is 17.2 Å². The predicted octanol–water partition coefficient (Wildman–Crippen LogP) is 3.15. The Morgan fingerprint density at radius 2 is 1.63 bits per heavy atom. The number of benzene rings is 2. The molecule has 2 heterocycles. The Morgan fingerprint density at radius 1 is 0.914 bits per heavy atom. The molecule has 1 aliphatic rings. The number of nitrogens with one attached hydrogen (secondary N) is 1. The Hall–Kier alpha value is -3.21. The standard InChI is InChI=1S/C25H31N3O6S/c1-31-20-8-6-19(7-9-20)27-12-14-28(15-13-27)22(23-5-4-16-34-23)18-26-35(29,30)21-10-11-24(32-2)25(17-21)33-3/h4-11,16-17,22,26H,12-15,18H2,1-3H3. The van der Waals surface area contributed by atoms with Crippen LogP contribution in [0.15, 0.2) is 70.2 Å². The van der Waals surface area contributed by atoms with Gasteiger partial charge in [-0.05, 0) is 48.5 Å². The number of rotatable bonds is 10. The van der Waals surface area contributed by atoms with E-state index in [1.807, 2.05) is 24.3 Å². The number of hydrogen-bond donors (Lipinski definition) is 1. The minimum atomic E-state index is -3.78. The van der Waals surface area contributed by atoms with E-state index in [0.717, 1.165) is 43.4 Å². The van der Waals surface area contributed by atoms with Crippen LogP contribution in [-0.4, -0.2) is 67.4 Å². The molecule has 1 fully saturated rings. The highest BCUT2D eigenvalue weighted by molar-refractivity contribution is 7.89. The lowest BCUT2D eigenvalue weighted by molar-refractivity contribution is 0.166. The van der Waals surface area contributed by atoms with Crippen LogP contribution in [0.2, 0.25) is 0 Å². The van der Waals surface area contributed by atoms with Crippen LogP contribution in [0.25, 0.3) is 0 Å². The van der Waals surface area contributed by atoms with E-state index in [0.29, 0.717) is 11.5 Å². The molecule has 1 N–H and O–H groups in total. The topological polar surface area (TPSA) is 93.5 Å². The monoisotopic (exact) mass is 501 g/mol. The average Bonchev–Trinajstić information content (AvgIpc) is 3.43. The molecule has 0 radical (unpaired) electrons. The van der Waals surface area contributed by atoms with Crippen LogP contribution < -0.4 is 23.8 Å². The third kappa shape index (κ3) is 5.72. The van der Waals surface area contributed by atoms with Crippen molar-refractivity contribution in [2.45, 2.75) is 10.9 Å². The number of anilines is 1. The first-order valence-corrected chi connectivity index (χ1v) is 12.8. The molecule has 2 aromatic carbocycles. The van der Waals surface area contributed by atoms with Crippen molar-refractivity contribution in [2.75, 3.05) is 59.0 Å². The maximum absolute atomic E-state index is 13.1. The molecule has 0 saturated carbocycles. The highest BCUT2D eigenvalue weighted by Crippen LogP contribution is 2.30. The number of ether oxygens (including phenoxy) is 3. The Balaban J connectivity index is 1.45. The van der Waals surface area contributed by atoms with E-state index in [-0.39, 0.29) is 17.5 Å². The largest absolute Gasteiger partial charge is 0.497 e. The molecule has 1 aromatic heterocycles.